The molecule has 1 heterocycles. The van der Waals surface area contributed by atoms with E-state index in [4.69, 9.17) is 0 Å². The number of benzene rings is 1. The van der Waals surface area contributed by atoms with Gasteiger partial charge >= 0.3 is 5.69 Å². The molecule has 1 aromatic carbocycles. The molecule has 6 nitrogen and oxygen atoms in total. The third-order valence-corrected chi connectivity index (χ3v) is 3.68. The Morgan fingerprint density at radius 3 is 2.67 bits per heavy atom. The summed E-state index contributed by atoms with van der Waals surface area (Å²) in [6.07, 6.45) is 0.930. The Hall–Kier alpha value is -2.20. The minimum Gasteiger partial charge on any atom is -0.258 e. The molecule has 108 valence electrons. The Morgan fingerprint density at radius 1 is 1.43 bits per heavy atom. The van der Waals surface area contributed by atoms with Gasteiger partial charge < -0.3 is 0 Å². The van der Waals surface area contributed by atoms with Gasteiger partial charge in [0.2, 0.25) is 0 Å². The number of halogens is 1. The second-order valence-corrected chi connectivity index (χ2v) is 5.31. The molecule has 2 rings (SSSR count). The van der Waals surface area contributed by atoms with Crippen LogP contribution in [0.5, 0.6) is 0 Å². The molecule has 1 aromatic heterocycles. The summed E-state index contributed by atoms with van der Waals surface area (Å²) in [7, 11) is 0. The van der Waals surface area contributed by atoms with Crippen LogP contribution >= 0.6 is 15.9 Å². The van der Waals surface area contributed by atoms with Crippen LogP contribution in [0.2, 0.25) is 0 Å². The molecule has 0 aliphatic rings. The predicted molar refractivity (Wildman–Crippen MR) is 81.4 cm³/mol. The third-order valence-electron chi connectivity index (χ3n) is 3.18. The summed E-state index contributed by atoms with van der Waals surface area (Å²) in [6.45, 7) is 3.66. The molecular weight excluding hydrogens is 336 g/mol. The van der Waals surface area contributed by atoms with E-state index in [0.29, 0.717) is 35.5 Å². The van der Waals surface area contributed by atoms with E-state index in [-0.39, 0.29) is 5.69 Å². The third kappa shape index (κ3) is 2.67. The Labute approximate surface area is 130 Å². The van der Waals surface area contributed by atoms with Gasteiger partial charge in [0.1, 0.15) is 17.5 Å². The van der Waals surface area contributed by atoms with Crippen molar-refractivity contribution in [1.82, 2.24) is 9.78 Å². The number of hydrogen-bond donors (Lipinski definition) is 0. The van der Waals surface area contributed by atoms with Gasteiger partial charge in [-0.3, -0.25) is 10.1 Å². The van der Waals surface area contributed by atoms with Gasteiger partial charge in [0.15, 0.2) is 0 Å². The smallest absolute Gasteiger partial charge is 0.258 e. The van der Waals surface area contributed by atoms with Crippen molar-refractivity contribution in [1.29, 1.82) is 5.26 Å². The molecule has 21 heavy (non-hydrogen) atoms. The van der Waals surface area contributed by atoms with Crippen LogP contribution in [-0.4, -0.2) is 14.7 Å². The van der Waals surface area contributed by atoms with Crippen molar-refractivity contribution in [2.45, 2.75) is 26.7 Å². The fraction of sp³-hybridized carbons (Fsp3) is 0.286. The van der Waals surface area contributed by atoms with Crippen molar-refractivity contribution < 1.29 is 4.92 Å². The van der Waals surface area contributed by atoms with Crippen molar-refractivity contribution in [3.63, 3.8) is 0 Å². The van der Waals surface area contributed by atoms with Gasteiger partial charge in [-0.2, -0.15) is 10.4 Å². The van der Waals surface area contributed by atoms with Gasteiger partial charge in [-0.1, -0.05) is 29.8 Å². The van der Waals surface area contributed by atoms with Crippen molar-refractivity contribution in [3.8, 4) is 11.8 Å². The molecule has 0 amide bonds. The lowest BCUT2D eigenvalue weighted by Crippen LogP contribution is -2.05. The Balaban J connectivity index is 2.76. The zero-order chi connectivity index (χ0) is 15.6. The molecule has 0 saturated heterocycles. The first-order valence-electron chi connectivity index (χ1n) is 6.48. The first-order chi connectivity index (χ1) is 10.0. The molecule has 0 spiro atoms. The fourth-order valence-electron chi connectivity index (χ4n) is 2.24. The maximum atomic E-state index is 11.3. The van der Waals surface area contributed by atoms with Crippen molar-refractivity contribution in [2.75, 3.05) is 0 Å². The van der Waals surface area contributed by atoms with E-state index in [2.05, 4.69) is 27.1 Å². The minimum absolute atomic E-state index is 0.0480. The van der Waals surface area contributed by atoms with Crippen LogP contribution in [0.3, 0.4) is 0 Å². The SMILES string of the molecule is CCc1nn(-c2ccc(Br)cc2C#N)c(CC)c1[N+](=O)[O-]. The van der Waals surface area contributed by atoms with Crippen LogP contribution in [0.15, 0.2) is 22.7 Å². The highest BCUT2D eigenvalue weighted by Gasteiger charge is 2.26. The van der Waals surface area contributed by atoms with E-state index < -0.39 is 4.92 Å². The second-order valence-electron chi connectivity index (χ2n) is 4.39. The number of aryl methyl sites for hydroxylation is 1. The van der Waals surface area contributed by atoms with Crippen LogP contribution in [0.25, 0.3) is 5.69 Å². The summed E-state index contributed by atoms with van der Waals surface area (Å²) >= 11 is 3.31. The maximum absolute atomic E-state index is 11.3. The molecule has 0 saturated carbocycles. The van der Waals surface area contributed by atoms with E-state index in [9.17, 15) is 15.4 Å². The number of nitriles is 1. The lowest BCUT2D eigenvalue weighted by atomic mass is 10.1. The summed E-state index contributed by atoms with van der Waals surface area (Å²) < 4.78 is 2.29. The number of nitro groups is 1. The zero-order valence-electron chi connectivity index (χ0n) is 11.6. The van der Waals surface area contributed by atoms with Crippen LogP contribution in [0, 0.1) is 21.4 Å². The number of aromatic nitrogens is 2. The van der Waals surface area contributed by atoms with Gasteiger partial charge in [0, 0.05) is 4.47 Å². The predicted octanol–water partition coefficient (Wildman–Crippen LogP) is 3.54. The van der Waals surface area contributed by atoms with E-state index in [0.717, 1.165) is 4.47 Å². The van der Waals surface area contributed by atoms with Gasteiger partial charge in [-0.15, -0.1) is 0 Å². The zero-order valence-corrected chi connectivity index (χ0v) is 13.2. The molecule has 0 unspecified atom stereocenters. The highest BCUT2D eigenvalue weighted by atomic mass is 79.9. The highest BCUT2D eigenvalue weighted by Crippen LogP contribution is 2.29. The Morgan fingerprint density at radius 2 is 2.14 bits per heavy atom. The molecule has 0 atom stereocenters. The fourth-order valence-corrected chi connectivity index (χ4v) is 2.60. The van der Waals surface area contributed by atoms with Gasteiger partial charge in [0.05, 0.1) is 16.2 Å². The topological polar surface area (TPSA) is 84.8 Å². The molecule has 0 radical (unpaired) electrons. The average Bonchev–Trinajstić information content (AvgIpc) is 2.85. The van der Waals surface area contributed by atoms with Crippen molar-refractivity contribution >= 4 is 21.6 Å². The normalized spacial score (nSPS) is 10.4. The summed E-state index contributed by atoms with van der Waals surface area (Å²) in [6, 6.07) is 7.30. The number of hydrogen-bond acceptors (Lipinski definition) is 4. The quantitative estimate of drug-likeness (QED) is 0.624. The summed E-state index contributed by atoms with van der Waals surface area (Å²) in [5.74, 6) is 0. The summed E-state index contributed by atoms with van der Waals surface area (Å²) in [4.78, 5) is 10.9. The van der Waals surface area contributed by atoms with Crippen LogP contribution in [0.1, 0.15) is 30.8 Å². The van der Waals surface area contributed by atoms with E-state index in [1.54, 1.807) is 18.2 Å². The standard InChI is InChI=1S/C14H13BrN4O2/c1-3-11-14(19(20)21)12(4-2)18(17-11)13-6-5-10(15)7-9(13)8-16/h5-7H,3-4H2,1-2H3. The van der Waals surface area contributed by atoms with Crippen molar-refractivity contribution in [2.24, 2.45) is 0 Å². The van der Waals surface area contributed by atoms with Gasteiger partial charge in [-0.05, 0) is 31.0 Å². The lowest BCUT2D eigenvalue weighted by Gasteiger charge is -2.07. The van der Waals surface area contributed by atoms with Crippen molar-refractivity contribution in [3.05, 3.63) is 49.7 Å². The van der Waals surface area contributed by atoms with Crippen LogP contribution in [0.4, 0.5) is 5.69 Å². The average molecular weight is 349 g/mol. The van der Waals surface area contributed by atoms with Gasteiger partial charge in [-0.25, -0.2) is 4.68 Å². The first-order valence-corrected chi connectivity index (χ1v) is 7.27. The van der Waals surface area contributed by atoms with E-state index >= 15 is 0 Å². The van der Waals surface area contributed by atoms with Crippen LogP contribution < -0.4 is 0 Å². The first kappa shape index (κ1) is 15.2. The molecule has 2 aromatic rings. The molecule has 0 fully saturated rings. The minimum atomic E-state index is -0.397. The molecule has 7 heteroatoms. The van der Waals surface area contributed by atoms with E-state index in [1.165, 1.54) is 4.68 Å². The van der Waals surface area contributed by atoms with Gasteiger partial charge in [0.25, 0.3) is 0 Å². The molecule has 0 N–H and O–H groups in total. The molecule has 0 bridgehead atoms. The highest BCUT2D eigenvalue weighted by molar-refractivity contribution is 9.10. The number of nitrogens with zero attached hydrogens (tertiary/aromatic N) is 4. The second kappa shape index (κ2) is 6.06. The van der Waals surface area contributed by atoms with Crippen LogP contribution in [-0.2, 0) is 12.8 Å². The molecule has 0 aliphatic heterocycles. The monoisotopic (exact) mass is 348 g/mol. The Bertz CT molecular complexity index is 746. The molecular formula is C14H13BrN4O2. The Kier molecular flexibility index (Phi) is 4.38. The summed E-state index contributed by atoms with van der Waals surface area (Å²) in [5.41, 5.74) is 1.96. The lowest BCUT2D eigenvalue weighted by molar-refractivity contribution is -0.386. The molecule has 0 aliphatic carbocycles. The largest absolute Gasteiger partial charge is 0.313 e. The number of rotatable bonds is 4. The summed E-state index contributed by atoms with van der Waals surface area (Å²) in [5, 5.41) is 24.9. The maximum Gasteiger partial charge on any atom is 0.313 e. The van der Waals surface area contributed by atoms with E-state index in [1.807, 2.05) is 13.8 Å².